The van der Waals surface area contributed by atoms with E-state index in [1.165, 1.54) is 43.9 Å². The van der Waals surface area contributed by atoms with Crippen molar-refractivity contribution >= 4 is 17.9 Å². The Morgan fingerprint density at radius 1 is 0.575 bits per heavy atom. The molecule has 40 heavy (non-hydrogen) atoms. The summed E-state index contributed by atoms with van der Waals surface area (Å²) in [5.74, 6) is -0.427. The zero-order valence-corrected chi connectivity index (χ0v) is 24.9. The van der Waals surface area contributed by atoms with Crippen molar-refractivity contribution in [1.29, 1.82) is 0 Å². The minimum Gasteiger partial charge on any atom is -0.462 e. The van der Waals surface area contributed by atoms with E-state index in [1.54, 1.807) is 0 Å². The van der Waals surface area contributed by atoms with Gasteiger partial charge in [0, 0.05) is 0 Å². The van der Waals surface area contributed by atoms with Gasteiger partial charge in [-0.25, -0.2) is 14.4 Å². The molecule has 0 fully saturated rings. The molecule has 2 aromatic carbocycles. The van der Waals surface area contributed by atoms with E-state index in [0.717, 1.165) is 44.1 Å². The summed E-state index contributed by atoms with van der Waals surface area (Å²) < 4.78 is 16.4. The zero-order valence-electron chi connectivity index (χ0n) is 24.9. The molecular formula is C34H48O6. The number of carbonyl (C=O) groups excluding carboxylic acids is 3. The molecule has 2 aromatic rings. The topological polar surface area (TPSA) is 78.9 Å². The summed E-state index contributed by atoms with van der Waals surface area (Å²) in [5.41, 5.74) is 1.11. The highest BCUT2D eigenvalue weighted by Crippen LogP contribution is 2.18. The first kappa shape index (κ1) is 33.1. The summed E-state index contributed by atoms with van der Waals surface area (Å²) in [4.78, 5) is 38.7. The molecule has 220 valence electrons. The van der Waals surface area contributed by atoms with Crippen LogP contribution in [0.5, 0.6) is 0 Å². The molecule has 0 heterocycles. The minimum atomic E-state index is -0.690. The Labute approximate surface area is 240 Å². The van der Waals surface area contributed by atoms with Gasteiger partial charge in [0.25, 0.3) is 0 Å². The van der Waals surface area contributed by atoms with Crippen molar-refractivity contribution in [2.75, 3.05) is 13.2 Å². The molecular weight excluding hydrogens is 504 g/mol. The summed E-state index contributed by atoms with van der Waals surface area (Å²) in [6, 6.07) is 13.6. The highest BCUT2D eigenvalue weighted by molar-refractivity contribution is 6.05. The van der Waals surface area contributed by atoms with Crippen LogP contribution in [-0.4, -0.2) is 31.1 Å². The van der Waals surface area contributed by atoms with Gasteiger partial charge in [0.1, 0.15) is 6.61 Å². The van der Waals surface area contributed by atoms with Gasteiger partial charge in [-0.3, -0.25) is 0 Å². The van der Waals surface area contributed by atoms with Crippen LogP contribution in [0.2, 0.25) is 0 Å². The number of ether oxygens (including phenoxy) is 3. The number of carbonyl (C=O) groups is 3. The van der Waals surface area contributed by atoms with Crippen molar-refractivity contribution in [2.24, 2.45) is 11.8 Å². The lowest BCUT2D eigenvalue weighted by Crippen LogP contribution is -2.16. The smallest absolute Gasteiger partial charge is 0.339 e. The Morgan fingerprint density at radius 3 is 1.68 bits per heavy atom. The molecule has 0 atom stereocenters. The SMILES string of the molecule is CC(C)CCCCCCOC(=O)c1ccc(C(=O)OCCCCCCC(C)C)c(C(=O)OCc2ccccc2)c1. The summed E-state index contributed by atoms with van der Waals surface area (Å²) >= 11 is 0. The Kier molecular flexibility index (Phi) is 15.7. The molecule has 0 aliphatic carbocycles. The zero-order chi connectivity index (χ0) is 29.2. The quantitative estimate of drug-likeness (QED) is 0.0986. The first-order valence-electron chi connectivity index (χ1n) is 15.0. The van der Waals surface area contributed by atoms with Gasteiger partial charge in [-0.1, -0.05) is 109 Å². The molecule has 6 nitrogen and oxygen atoms in total. The third-order valence-corrected chi connectivity index (χ3v) is 6.73. The molecule has 0 radical (unpaired) electrons. The first-order valence-corrected chi connectivity index (χ1v) is 15.0. The number of benzene rings is 2. The number of hydrogen-bond donors (Lipinski definition) is 0. The summed E-state index contributed by atoms with van der Waals surface area (Å²) in [6.07, 6.45) is 10.5. The van der Waals surface area contributed by atoms with Gasteiger partial charge in [0.15, 0.2) is 0 Å². The molecule has 0 N–H and O–H groups in total. The second-order valence-electron chi connectivity index (χ2n) is 11.3. The molecule has 0 aromatic heterocycles. The monoisotopic (exact) mass is 552 g/mol. The van der Waals surface area contributed by atoms with Crippen LogP contribution in [0.1, 0.15) is 129 Å². The Balaban J connectivity index is 1.98. The summed E-state index contributed by atoms with van der Waals surface area (Å²) in [7, 11) is 0. The van der Waals surface area contributed by atoms with Crippen LogP contribution in [0.4, 0.5) is 0 Å². The van der Waals surface area contributed by atoms with Crippen LogP contribution in [0.25, 0.3) is 0 Å². The number of esters is 3. The van der Waals surface area contributed by atoms with Crippen LogP contribution in [0.3, 0.4) is 0 Å². The molecule has 0 aliphatic rings. The van der Waals surface area contributed by atoms with Gasteiger partial charge in [-0.05, 0) is 48.4 Å². The fourth-order valence-electron chi connectivity index (χ4n) is 4.33. The predicted molar refractivity (Wildman–Crippen MR) is 158 cm³/mol. The number of hydrogen-bond acceptors (Lipinski definition) is 6. The van der Waals surface area contributed by atoms with E-state index in [4.69, 9.17) is 14.2 Å². The van der Waals surface area contributed by atoms with Crippen molar-refractivity contribution in [1.82, 2.24) is 0 Å². The molecule has 2 rings (SSSR count). The van der Waals surface area contributed by atoms with Gasteiger partial charge >= 0.3 is 17.9 Å². The van der Waals surface area contributed by atoms with Crippen molar-refractivity contribution in [3.05, 3.63) is 70.8 Å². The van der Waals surface area contributed by atoms with Crippen LogP contribution in [-0.2, 0) is 20.8 Å². The third-order valence-electron chi connectivity index (χ3n) is 6.73. The third kappa shape index (κ3) is 13.3. The summed E-state index contributed by atoms with van der Waals surface area (Å²) in [5, 5.41) is 0. The average Bonchev–Trinajstić information content (AvgIpc) is 2.94. The van der Waals surface area contributed by atoms with Crippen molar-refractivity contribution in [2.45, 2.75) is 98.5 Å². The van der Waals surface area contributed by atoms with Gasteiger partial charge in [-0.15, -0.1) is 0 Å². The highest BCUT2D eigenvalue weighted by Gasteiger charge is 2.22. The molecule has 0 aliphatic heterocycles. The fraction of sp³-hybridized carbons (Fsp3) is 0.559. The van der Waals surface area contributed by atoms with Gasteiger partial charge < -0.3 is 14.2 Å². The highest BCUT2D eigenvalue weighted by atomic mass is 16.5. The fourth-order valence-corrected chi connectivity index (χ4v) is 4.33. The van der Waals surface area contributed by atoms with Crippen molar-refractivity contribution in [3.8, 4) is 0 Å². The molecule has 0 unspecified atom stereocenters. The van der Waals surface area contributed by atoms with Crippen molar-refractivity contribution < 1.29 is 28.6 Å². The molecule has 0 spiro atoms. The van der Waals surface area contributed by atoms with E-state index >= 15 is 0 Å². The maximum absolute atomic E-state index is 13.0. The average molecular weight is 553 g/mol. The van der Waals surface area contributed by atoms with Crippen molar-refractivity contribution in [3.63, 3.8) is 0 Å². The van der Waals surface area contributed by atoms with Gasteiger partial charge in [0.2, 0.25) is 0 Å². The van der Waals surface area contributed by atoms with Crippen LogP contribution in [0, 0.1) is 11.8 Å². The summed E-state index contributed by atoms with van der Waals surface area (Å²) in [6.45, 7) is 9.50. The number of rotatable bonds is 19. The van der Waals surface area contributed by atoms with E-state index < -0.39 is 17.9 Å². The second kappa shape index (κ2) is 19.0. The lowest BCUT2D eigenvalue weighted by molar-refractivity contribution is 0.0434. The van der Waals surface area contributed by atoms with E-state index in [2.05, 4.69) is 27.7 Å². The normalized spacial score (nSPS) is 11.1. The Hall–Kier alpha value is -3.15. The lowest BCUT2D eigenvalue weighted by Gasteiger charge is -2.12. The lowest BCUT2D eigenvalue weighted by atomic mass is 10.0. The Bertz CT molecular complexity index is 1030. The molecule has 0 amide bonds. The van der Waals surface area contributed by atoms with E-state index in [1.807, 2.05) is 30.3 Å². The predicted octanol–water partition coefficient (Wildman–Crippen LogP) is 8.57. The van der Waals surface area contributed by atoms with Crippen LogP contribution in [0.15, 0.2) is 48.5 Å². The van der Waals surface area contributed by atoms with E-state index in [-0.39, 0.29) is 29.9 Å². The maximum Gasteiger partial charge on any atom is 0.339 e. The molecule has 6 heteroatoms. The van der Waals surface area contributed by atoms with Crippen LogP contribution < -0.4 is 0 Å². The molecule has 0 bridgehead atoms. The second-order valence-corrected chi connectivity index (χ2v) is 11.3. The largest absolute Gasteiger partial charge is 0.462 e. The minimum absolute atomic E-state index is 0.000926. The first-order chi connectivity index (χ1) is 19.3. The van der Waals surface area contributed by atoms with Gasteiger partial charge in [0.05, 0.1) is 29.9 Å². The number of unbranched alkanes of at least 4 members (excludes halogenated alkanes) is 6. The Morgan fingerprint density at radius 2 is 1.10 bits per heavy atom. The van der Waals surface area contributed by atoms with E-state index in [9.17, 15) is 14.4 Å². The van der Waals surface area contributed by atoms with Gasteiger partial charge in [-0.2, -0.15) is 0 Å². The molecule has 0 saturated carbocycles. The van der Waals surface area contributed by atoms with Crippen LogP contribution >= 0.6 is 0 Å². The maximum atomic E-state index is 13.0. The standard InChI is InChI=1S/C34H48O6/c1-26(2)16-10-5-7-14-22-38-32(35)29-20-21-30(33(36)39-23-15-8-6-11-17-27(3)4)31(24-29)34(37)40-25-28-18-12-9-13-19-28/h9,12-13,18-21,24,26-27H,5-8,10-11,14-17,22-23,25H2,1-4H3. The molecule has 0 saturated heterocycles. The van der Waals surface area contributed by atoms with E-state index in [0.29, 0.717) is 18.4 Å².